The van der Waals surface area contributed by atoms with E-state index in [1.807, 2.05) is 32.9 Å². The van der Waals surface area contributed by atoms with Gasteiger partial charge in [-0.15, -0.1) is 10.2 Å². The van der Waals surface area contributed by atoms with Crippen LogP contribution in [0, 0.1) is 13.8 Å². The van der Waals surface area contributed by atoms with E-state index in [-0.39, 0.29) is 11.7 Å². The molecule has 0 atom stereocenters. The van der Waals surface area contributed by atoms with Crippen molar-refractivity contribution in [1.29, 1.82) is 0 Å². The number of benzene rings is 1. The van der Waals surface area contributed by atoms with Crippen LogP contribution in [0.25, 0.3) is 0 Å². The van der Waals surface area contributed by atoms with E-state index in [2.05, 4.69) is 21.6 Å². The highest BCUT2D eigenvalue weighted by molar-refractivity contribution is 7.99. The number of rotatable bonds is 5. The summed E-state index contributed by atoms with van der Waals surface area (Å²) in [7, 11) is 0. The zero-order valence-corrected chi connectivity index (χ0v) is 12.6. The summed E-state index contributed by atoms with van der Waals surface area (Å²) >= 11 is 1.24. The van der Waals surface area contributed by atoms with Gasteiger partial charge in [-0.1, -0.05) is 24.8 Å². The Morgan fingerprint density at radius 1 is 1.25 bits per heavy atom. The highest BCUT2D eigenvalue weighted by Crippen LogP contribution is 2.18. The second-order valence-corrected chi connectivity index (χ2v) is 5.46. The smallest absolute Gasteiger partial charge is 0.277 e. The third kappa shape index (κ3) is 4.09. The van der Waals surface area contributed by atoms with Gasteiger partial charge in [-0.3, -0.25) is 4.79 Å². The highest BCUT2D eigenvalue weighted by atomic mass is 32.2. The molecule has 0 saturated heterocycles. The largest absolute Gasteiger partial charge is 0.416 e. The number of hydrogen-bond donors (Lipinski definition) is 1. The molecular weight excluding hydrogens is 274 g/mol. The summed E-state index contributed by atoms with van der Waals surface area (Å²) in [6, 6.07) is 5.95. The van der Waals surface area contributed by atoms with Crippen molar-refractivity contribution in [2.45, 2.75) is 32.4 Å². The standard InChI is InChI=1S/C14H17N3O2S/c1-4-13-16-17-14(19-13)20-8-12(18)15-11-6-9(2)5-10(3)7-11/h5-7H,4,8H2,1-3H3,(H,15,18). The Morgan fingerprint density at radius 2 is 1.95 bits per heavy atom. The minimum atomic E-state index is -0.0868. The van der Waals surface area contributed by atoms with Crippen molar-refractivity contribution in [3.63, 3.8) is 0 Å². The van der Waals surface area contributed by atoms with Crippen molar-refractivity contribution in [3.05, 3.63) is 35.2 Å². The van der Waals surface area contributed by atoms with Crippen LogP contribution >= 0.6 is 11.8 Å². The van der Waals surface area contributed by atoms with Crippen LogP contribution in [0.1, 0.15) is 23.9 Å². The number of hydrogen-bond acceptors (Lipinski definition) is 5. The Morgan fingerprint density at radius 3 is 2.55 bits per heavy atom. The number of aromatic nitrogens is 2. The fraction of sp³-hybridized carbons (Fsp3) is 0.357. The van der Waals surface area contributed by atoms with Crippen molar-refractivity contribution >= 4 is 23.4 Å². The second kappa shape index (κ2) is 6.56. The zero-order chi connectivity index (χ0) is 14.5. The quantitative estimate of drug-likeness (QED) is 0.858. The average molecular weight is 291 g/mol. The molecule has 106 valence electrons. The zero-order valence-electron chi connectivity index (χ0n) is 11.8. The fourth-order valence-corrected chi connectivity index (χ4v) is 2.39. The fourth-order valence-electron chi connectivity index (χ4n) is 1.81. The molecule has 20 heavy (non-hydrogen) atoms. The SMILES string of the molecule is CCc1nnc(SCC(=O)Nc2cc(C)cc(C)c2)o1. The predicted molar refractivity (Wildman–Crippen MR) is 78.9 cm³/mol. The summed E-state index contributed by atoms with van der Waals surface area (Å²) in [6.45, 7) is 5.94. The van der Waals surface area contributed by atoms with Crippen molar-refractivity contribution in [2.75, 3.05) is 11.1 Å². The number of thioether (sulfide) groups is 1. The van der Waals surface area contributed by atoms with Crippen LogP contribution in [0.15, 0.2) is 27.8 Å². The minimum Gasteiger partial charge on any atom is -0.416 e. The van der Waals surface area contributed by atoms with Gasteiger partial charge in [0.15, 0.2) is 0 Å². The van der Waals surface area contributed by atoms with Gasteiger partial charge in [0.1, 0.15) is 0 Å². The van der Waals surface area contributed by atoms with Gasteiger partial charge in [0.25, 0.3) is 5.22 Å². The molecule has 1 aromatic carbocycles. The Labute approximate surface area is 122 Å². The van der Waals surface area contributed by atoms with E-state index in [4.69, 9.17) is 4.42 Å². The normalized spacial score (nSPS) is 10.6. The molecule has 2 aromatic rings. The molecule has 1 heterocycles. The molecule has 1 N–H and O–H groups in total. The third-order valence-corrected chi connectivity index (χ3v) is 3.40. The highest BCUT2D eigenvalue weighted by Gasteiger charge is 2.09. The lowest BCUT2D eigenvalue weighted by Gasteiger charge is -2.06. The Bertz CT molecular complexity index is 590. The molecule has 0 fully saturated rings. The summed E-state index contributed by atoms with van der Waals surface area (Å²) in [5.41, 5.74) is 3.06. The van der Waals surface area contributed by atoms with Crippen LogP contribution < -0.4 is 5.32 Å². The molecule has 5 nitrogen and oxygen atoms in total. The van der Waals surface area contributed by atoms with Gasteiger partial charge < -0.3 is 9.73 Å². The number of aryl methyl sites for hydroxylation is 3. The van der Waals surface area contributed by atoms with Gasteiger partial charge in [-0.2, -0.15) is 0 Å². The van der Waals surface area contributed by atoms with Crippen LogP contribution in [0.5, 0.6) is 0 Å². The molecule has 0 bridgehead atoms. The van der Waals surface area contributed by atoms with E-state index in [1.54, 1.807) is 0 Å². The summed E-state index contributed by atoms with van der Waals surface area (Å²) in [4.78, 5) is 11.9. The van der Waals surface area contributed by atoms with Gasteiger partial charge in [0.2, 0.25) is 11.8 Å². The molecule has 0 spiro atoms. The molecule has 1 aromatic heterocycles. The summed E-state index contributed by atoms with van der Waals surface area (Å²) in [6.07, 6.45) is 0.697. The summed E-state index contributed by atoms with van der Waals surface area (Å²) < 4.78 is 5.33. The van der Waals surface area contributed by atoms with E-state index in [1.165, 1.54) is 11.8 Å². The molecule has 1 amide bonds. The Hall–Kier alpha value is -1.82. The number of anilines is 1. The number of amides is 1. The molecule has 0 aliphatic rings. The van der Waals surface area contributed by atoms with E-state index < -0.39 is 0 Å². The molecule has 6 heteroatoms. The van der Waals surface area contributed by atoms with E-state index in [0.29, 0.717) is 17.5 Å². The van der Waals surface area contributed by atoms with Crippen LogP contribution in [0.4, 0.5) is 5.69 Å². The van der Waals surface area contributed by atoms with Gasteiger partial charge in [-0.25, -0.2) is 0 Å². The maximum Gasteiger partial charge on any atom is 0.277 e. The lowest BCUT2D eigenvalue weighted by molar-refractivity contribution is -0.113. The van der Waals surface area contributed by atoms with Gasteiger partial charge in [0.05, 0.1) is 5.75 Å². The van der Waals surface area contributed by atoms with Crippen LogP contribution in [0.3, 0.4) is 0 Å². The van der Waals surface area contributed by atoms with E-state index in [9.17, 15) is 4.79 Å². The summed E-state index contributed by atoms with van der Waals surface area (Å²) in [5.74, 6) is 0.747. The first-order chi connectivity index (χ1) is 9.56. The number of nitrogens with one attached hydrogen (secondary N) is 1. The van der Waals surface area contributed by atoms with Gasteiger partial charge in [-0.05, 0) is 37.1 Å². The lowest BCUT2D eigenvalue weighted by atomic mass is 10.1. The molecule has 2 rings (SSSR count). The number of carbonyl (C=O) groups is 1. The Balaban J connectivity index is 1.89. The molecular formula is C14H17N3O2S. The predicted octanol–water partition coefficient (Wildman–Crippen LogP) is 2.98. The average Bonchev–Trinajstić information content (AvgIpc) is 2.83. The first kappa shape index (κ1) is 14.6. The molecule has 0 radical (unpaired) electrons. The molecule has 0 aliphatic carbocycles. The summed E-state index contributed by atoms with van der Waals surface area (Å²) in [5, 5.41) is 11.0. The van der Waals surface area contributed by atoms with Gasteiger partial charge >= 0.3 is 0 Å². The molecule has 0 saturated carbocycles. The lowest BCUT2D eigenvalue weighted by Crippen LogP contribution is -2.14. The maximum atomic E-state index is 11.9. The third-order valence-electron chi connectivity index (χ3n) is 2.58. The molecule has 0 unspecified atom stereocenters. The molecule has 0 aliphatic heterocycles. The van der Waals surface area contributed by atoms with Crippen LogP contribution in [-0.4, -0.2) is 21.9 Å². The monoisotopic (exact) mass is 291 g/mol. The number of nitrogens with zero attached hydrogens (tertiary/aromatic N) is 2. The number of carbonyl (C=O) groups excluding carboxylic acids is 1. The van der Waals surface area contributed by atoms with Crippen LogP contribution in [-0.2, 0) is 11.2 Å². The van der Waals surface area contributed by atoms with Crippen molar-refractivity contribution in [3.8, 4) is 0 Å². The second-order valence-electron chi connectivity index (χ2n) is 4.53. The van der Waals surface area contributed by atoms with E-state index in [0.717, 1.165) is 16.8 Å². The van der Waals surface area contributed by atoms with Crippen molar-refractivity contribution < 1.29 is 9.21 Å². The maximum absolute atomic E-state index is 11.9. The first-order valence-electron chi connectivity index (χ1n) is 6.40. The van der Waals surface area contributed by atoms with Crippen molar-refractivity contribution in [2.24, 2.45) is 0 Å². The van der Waals surface area contributed by atoms with Gasteiger partial charge in [0, 0.05) is 12.1 Å². The van der Waals surface area contributed by atoms with Crippen molar-refractivity contribution in [1.82, 2.24) is 10.2 Å². The van der Waals surface area contributed by atoms with E-state index >= 15 is 0 Å². The Kier molecular flexibility index (Phi) is 4.79. The first-order valence-corrected chi connectivity index (χ1v) is 7.38. The van der Waals surface area contributed by atoms with Crippen LogP contribution in [0.2, 0.25) is 0 Å². The minimum absolute atomic E-state index is 0.0868. The topological polar surface area (TPSA) is 68.0 Å².